The maximum Gasteiger partial charge on any atom is 0.137 e. The van der Waals surface area contributed by atoms with Crippen molar-refractivity contribution in [1.82, 2.24) is 5.32 Å². The topological polar surface area (TPSA) is 21.3 Å². The highest BCUT2D eigenvalue weighted by Gasteiger charge is 2.00. The van der Waals surface area contributed by atoms with Gasteiger partial charge in [0.15, 0.2) is 0 Å². The van der Waals surface area contributed by atoms with Crippen LogP contribution < -0.4 is 10.1 Å². The second kappa shape index (κ2) is 7.42. The summed E-state index contributed by atoms with van der Waals surface area (Å²) < 4.78 is 5.04. The zero-order valence-electron chi connectivity index (χ0n) is 8.42. The number of halogens is 2. The Labute approximate surface area is 101 Å². The summed E-state index contributed by atoms with van der Waals surface area (Å²) in [5.41, 5.74) is 1.09. The molecule has 0 saturated carbocycles. The van der Waals surface area contributed by atoms with Gasteiger partial charge in [-0.3, -0.25) is 0 Å². The largest absolute Gasteiger partial charge is 0.495 e. The molecule has 15 heavy (non-hydrogen) atoms. The molecule has 1 N–H and O–H groups in total. The fourth-order valence-corrected chi connectivity index (χ4v) is 1.38. The number of terminal acetylenes is 1. The molecule has 0 radical (unpaired) electrons. The van der Waals surface area contributed by atoms with Crippen molar-refractivity contribution in [3.8, 4) is 18.1 Å². The van der Waals surface area contributed by atoms with E-state index < -0.39 is 0 Å². The first-order chi connectivity index (χ1) is 6.77. The molecule has 0 fully saturated rings. The van der Waals surface area contributed by atoms with Gasteiger partial charge in [0.05, 0.1) is 18.7 Å². The van der Waals surface area contributed by atoms with Crippen molar-refractivity contribution < 1.29 is 4.74 Å². The first-order valence-electron chi connectivity index (χ1n) is 4.24. The van der Waals surface area contributed by atoms with Crippen LogP contribution >= 0.6 is 24.0 Å². The van der Waals surface area contributed by atoms with Gasteiger partial charge < -0.3 is 10.1 Å². The van der Waals surface area contributed by atoms with Crippen LogP contribution in [0.4, 0.5) is 0 Å². The minimum Gasteiger partial charge on any atom is -0.495 e. The minimum absolute atomic E-state index is 0. The fraction of sp³-hybridized carbons (Fsp3) is 0.273. The predicted octanol–water partition coefficient (Wildman–Crippen LogP) is 2.49. The van der Waals surface area contributed by atoms with E-state index in [-0.39, 0.29) is 12.4 Å². The number of hydrogen-bond acceptors (Lipinski definition) is 2. The van der Waals surface area contributed by atoms with Gasteiger partial charge in [-0.05, 0) is 17.7 Å². The van der Waals surface area contributed by atoms with E-state index in [1.807, 2.05) is 18.2 Å². The van der Waals surface area contributed by atoms with Crippen molar-refractivity contribution in [3.05, 3.63) is 28.8 Å². The van der Waals surface area contributed by atoms with E-state index in [9.17, 15) is 0 Å². The quantitative estimate of drug-likeness (QED) is 0.651. The van der Waals surface area contributed by atoms with Gasteiger partial charge in [0.2, 0.25) is 0 Å². The third-order valence-electron chi connectivity index (χ3n) is 1.77. The molecule has 82 valence electrons. The van der Waals surface area contributed by atoms with E-state index in [1.165, 1.54) is 0 Å². The Bertz CT molecular complexity index is 347. The second-order valence-corrected chi connectivity index (χ2v) is 3.18. The molecule has 1 aromatic rings. The average molecular weight is 246 g/mol. The first kappa shape index (κ1) is 14.1. The predicted molar refractivity (Wildman–Crippen MR) is 65.8 cm³/mol. The third kappa shape index (κ3) is 4.44. The molecule has 1 aromatic carbocycles. The summed E-state index contributed by atoms with van der Waals surface area (Å²) in [6.07, 6.45) is 5.11. The summed E-state index contributed by atoms with van der Waals surface area (Å²) in [5, 5.41) is 3.70. The maximum absolute atomic E-state index is 5.95. The highest BCUT2D eigenvalue weighted by molar-refractivity contribution is 6.32. The van der Waals surface area contributed by atoms with Crippen molar-refractivity contribution in [3.63, 3.8) is 0 Å². The molecular formula is C11H13Cl2NO. The lowest BCUT2D eigenvalue weighted by Crippen LogP contribution is -2.12. The van der Waals surface area contributed by atoms with Gasteiger partial charge in [0, 0.05) is 6.54 Å². The van der Waals surface area contributed by atoms with Crippen LogP contribution in [0.5, 0.6) is 5.75 Å². The monoisotopic (exact) mass is 245 g/mol. The molecule has 4 heteroatoms. The Morgan fingerprint density at radius 2 is 2.27 bits per heavy atom. The lowest BCUT2D eigenvalue weighted by Gasteiger charge is -2.05. The van der Waals surface area contributed by atoms with Crippen molar-refractivity contribution in [2.24, 2.45) is 0 Å². The van der Waals surface area contributed by atoms with Gasteiger partial charge in [-0.1, -0.05) is 23.6 Å². The van der Waals surface area contributed by atoms with E-state index in [2.05, 4.69) is 11.2 Å². The van der Waals surface area contributed by atoms with Crippen LogP contribution in [-0.4, -0.2) is 13.7 Å². The van der Waals surface area contributed by atoms with Crippen LogP contribution in [0.2, 0.25) is 5.02 Å². The SMILES string of the molecule is C#CCNCc1ccc(OC)c(Cl)c1.Cl. The van der Waals surface area contributed by atoms with Crippen molar-refractivity contribution in [1.29, 1.82) is 0 Å². The molecule has 0 aliphatic carbocycles. The molecule has 0 spiro atoms. The normalized spacial score (nSPS) is 8.87. The highest BCUT2D eigenvalue weighted by Crippen LogP contribution is 2.24. The number of methoxy groups -OCH3 is 1. The zero-order valence-corrected chi connectivity index (χ0v) is 9.99. The molecule has 0 amide bonds. The van der Waals surface area contributed by atoms with Gasteiger partial charge in [0.25, 0.3) is 0 Å². The molecule has 0 aliphatic heterocycles. The Balaban J connectivity index is 0.00000196. The fourth-order valence-electron chi connectivity index (χ4n) is 1.10. The standard InChI is InChI=1S/C11H12ClNO.ClH/c1-3-6-13-8-9-4-5-11(14-2)10(12)7-9;/h1,4-5,7,13H,6,8H2,2H3;1H. The smallest absolute Gasteiger partial charge is 0.137 e. The minimum atomic E-state index is 0. The molecule has 1 rings (SSSR count). The summed E-state index contributed by atoms with van der Waals surface area (Å²) in [5.74, 6) is 3.19. The number of hydrogen-bond donors (Lipinski definition) is 1. The van der Waals surface area contributed by atoms with Gasteiger partial charge >= 0.3 is 0 Å². The van der Waals surface area contributed by atoms with Crippen molar-refractivity contribution in [2.45, 2.75) is 6.54 Å². The van der Waals surface area contributed by atoms with Crippen LogP contribution in [0.3, 0.4) is 0 Å². The third-order valence-corrected chi connectivity index (χ3v) is 2.07. The van der Waals surface area contributed by atoms with Gasteiger partial charge in [-0.2, -0.15) is 0 Å². The summed E-state index contributed by atoms with van der Waals surface area (Å²) in [7, 11) is 1.59. The Kier molecular flexibility index (Phi) is 6.98. The van der Waals surface area contributed by atoms with E-state index in [4.69, 9.17) is 22.8 Å². The van der Waals surface area contributed by atoms with Gasteiger partial charge in [-0.25, -0.2) is 0 Å². The molecule has 0 aliphatic rings. The maximum atomic E-state index is 5.95. The van der Waals surface area contributed by atoms with Crippen molar-refractivity contribution in [2.75, 3.05) is 13.7 Å². The molecule has 0 unspecified atom stereocenters. The van der Waals surface area contributed by atoms with E-state index >= 15 is 0 Å². The number of rotatable bonds is 4. The van der Waals surface area contributed by atoms with Crippen LogP contribution in [0.1, 0.15) is 5.56 Å². The molecule has 0 atom stereocenters. The Morgan fingerprint density at radius 3 is 2.80 bits per heavy atom. The van der Waals surface area contributed by atoms with Gasteiger partial charge in [-0.15, -0.1) is 18.8 Å². The number of benzene rings is 1. The highest BCUT2D eigenvalue weighted by atomic mass is 35.5. The van der Waals surface area contributed by atoms with E-state index in [0.717, 1.165) is 5.56 Å². The summed E-state index contributed by atoms with van der Waals surface area (Å²) in [6, 6.07) is 5.66. The first-order valence-corrected chi connectivity index (χ1v) is 4.62. The average Bonchev–Trinajstić information content (AvgIpc) is 2.18. The second-order valence-electron chi connectivity index (χ2n) is 2.78. The molecule has 0 saturated heterocycles. The van der Waals surface area contributed by atoms with Crippen LogP contribution in [-0.2, 0) is 6.54 Å². The van der Waals surface area contributed by atoms with Gasteiger partial charge in [0.1, 0.15) is 5.75 Å². The van der Waals surface area contributed by atoms with E-state index in [1.54, 1.807) is 7.11 Å². The lowest BCUT2D eigenvalue weighted by atomic mass is 10.2. The van der Waals surface area contributed by atoms with Crippen LogP contribution in [0, 0.1) is 12.3 Å². The van der Waals surface area contributed by atoms with Crippen molar-refractivity contribution >= 4 is 24.0 Å². The summed E-state index contributed by atoms with van der Waals surface area (Å²) in [4.78, 5) is 0. The molecule has 0 aromatic heterocycles. The van der Waals surface area contributed by atoms with Crippen LogP contribution in [0.25, 0.3) is 0 Å². The lowest BCUT2D eigenvalue weighted by molar-refractivity contribution is 0.415. The molecular weight excluding hydrogens is 233 g/mol. The Hall–Kier alpha value is -0.880. The molecule has 2 nitrogen and oxygen atoms in total. The number of nitrogens with one attached hydrogen (secondary N) is 1. The summed E-state index contributed by atoms with van der Waals surface area (Å²) in [6.45, 7) is 1.28. The molecule has 0 heterocycles. The zero-order chi connectivity index (χ0) is 10.4. The Morgan fingerprint density at radius 1 is 1.53 bits per heavy atom. The van der Waals surface area contributed by atoms with E-state index in [0.29, 0.717) is 23.9 Å². The summed E-state index contributed by atoms with van der Waals surface area (Å²) >= 11 is 5.95. The molecule has 0 bridgehead atoms. The number of ether oxygens (including phenoxy) is 1. The van der Waals surface area contributed by atoms with Crippen LogP contribution in [0.15, 0.2) is 18.2 Å².